The normalized spacial score (nSPS) is 12.8. The Hall–Kier alpha value is -2.40. The van der Waals surface area contributed by atoms with E-state index in [4.69, 9.17) is 0 Å². The topological polar surface area (TPSA) is 47.8 Å². The van der Waals surface area contributed by atoms with Crippen LogP contribution in [0.1, 0.15) is 50.5 Å². The fourth-order valence-electron chi connectivity index (χ4n) is 3.04. The number of benzene rings is 2. The monoisotopic (exact) mass is 393 g/mol. The molecule has 0 saturated carbocycles. The number of rotatable bonds is 6. The van der Waals surface area contributed by atoms with Gasteiger partial charge in [-0.25, -0.2) is 0 Å². The van der Waals surface area contributed by atoms with E-state index in [1.807, 2.05) is 61.5 Å². The molecule has 0 aliphatic heterocycles. The van der Waals surface area contributed by atoms with Crippen LogP contribution in [0.3, 0.4) is 0 Å². The smallest absolute Gasteiger partial charge is 0.192 e. The Morgan fingerprint density at radius 2 is 1.68 bits per heavy atom. The lowest BCUT2D eigenvalue weighted by molar-refractivity contribution is 0.0993. The molecule has 1 aromatic heterocycles. The van der Waals surface area contributed by atoms with Crippen molar-refractivity contribution in [3.63, 3.8) is 0 Å². The molecule has 0 aliphatic rings. The molecule has 2 aromatic carbocycles. The summed E-state index contributed by atoms with van der Waals surface area (Å²) in [6, 6.07) is 18.0. The molecule has 0 saturated heterocycles. The third kappa shape index (κ3) is 4.36. The van der Waals surface area contributed by atoms with E-state index in [2.05, 4.69) is 42.5 Å². The minimum absolute atomic E-state index is 0.0767. The van der Waals surface area contributed by atoms with Crippen molar-refractivity contribution in [1.82, 2.24) is 14.8 Å². The molecule has 0 spiro atoms. The number of ketones is 1. The maximum absolute atomic E-state index is 12.9. The van der Waals surface area contributed by atoms with Crippen LogP contribution in [0.4, 0.5) is 0 Å². The van der Waals surface area contributed by atoms with E-state index in [0.717, 1.165) is 28.7 Å². The van der Waals surface area contributed by atoms with Crippen LogP contribution in [0.2, 0.25) is 0 Å². The van der Waals surface area contributed by atoms with E-state index >= 15 is 0 Å². The van der Waals surface area contributed by atoms with Crippen molar-refractivity contribution in [3.05, 3.63) is 65.7 Å². The van der Waals surface area contributed by atoms with Gasteiger partial charge >= 0.3 is 0 Å². The minimum Gasteiger partial charge on any atom is -0.302 e. The Balaban J connectivity index is 1.78. The summed E-state index contributed by atoms with van der Waals surface area (Å²) < 4.78 is 2.06. The number of aromatic nitrogens is 3. The standard InChI is InChI=1S/C23H27N3OS/c1-6-26-21(18-10-8-7-9-11-18)24-25-22(26)28-16(2)20(27)17-12-14-19(15-13-17)23(3,4)5/h7-16H,6H2,1-5H3/t16-/m1/s1. The first-order valence-electron chi connectivity index (χ1n) is 9.61. The molecule has 28 heavy (non-hydrogen) atoms. The molecule has 146 valence electrons. The molecule has 0 amide bonds. The lowest BCUT2D eigenvalue weighted by Crippen LogP contribution is -2.16. The summed E-state index contributed by atoms with van der Waals surface area (Å²) in [5.41, 5.74) is 3.06. The Labute approximate surface area is 171 Å². The molecule has 1 atom stereocenters. The Morgan fingerprint density at radius 3 is 2.25 bits per heavy atom. The van der Waals surface area contributed by atoms with Gasteiger partial charge in [0.2, 0.25) is 0 Å². The van der Waals surface area contributed by atoms with E-state index in [0.29, 0.717) is 0 Å². The predicted octanol–water partition coefficient (Wildman–Crippen LogP) is 5.63. The lowest BCUT2D eigenvalue weighted by Gasteiger charge is -2.19. The highest BCUT2D eigenvalue weighted by molar-refractivity contribution is 8.00. The van der Waals surface area contributed by atoms with Gasteiger partial charge in [0.1, 0.15) is 0 Å². The second-order valence-corrected chi connectivity index (χ2v) is 9.18. The molecule has 0 fully saturated rings. The molecule has 0 unspecified atom stereocenters. The second-order valence-electron chi connectivity index (χ2n) is 7.87. The van der Waals surface area contributed by atoms with E-state index in [9.17, 15) is 4.79 Å². The molecule has 0 N–H and O–H groups in total. The van der Waals surface area contributed by atoms with Gasteiger partial charge in [-0.1, -0.05) is 87.1 Å². The van der Waals surface area contributed by atoms with Crippen molar-refractivity contribution in [2.24, 2.45) is 0 Å². The van der Waals surface area contributed by atoms with Gasteiger partial charge in [-0.2, -0.15) is 0 Å². The zero-order chi connectivity index (χ0) is 20.3. The molecule has 0 aliphatic carbocycles. The average Bonchev–Trinajstić information content (AvgIpc) is 3.10. The van der Waals surface area contributed by atoms with Crippen LogP contribution in [-0.4, -0.2) is 25.8 Å². The molecule has 5 heteroatoms. The van der Waals surface area contributed by atoms with Crippen molar-refractivity contribution >= 4 is 17.5 Å². The van der Waals surface area contributed by atoms with Gasteiger partial charge in [0.05, 0.1) is 5.25 Å². The van der Waals surface area contributed by atoms with Crippen molar-refractivity contribution in [1.29, 1.82) is 0 Å². The maximum Gasteiger partial charge on any atom is 0.192 e. The fraction of sp³-hybridized carbons (Fsp3) is 0.348. The Kier molecular flexibility index (Phi) is 6.04. The largest absolute Gasteiger partial charge is 0.302 e. The minimum atomic E-state index is -0.237. The van der Waals surface area contributed by atoms with Crippen LogP contribution in [0, 0.1) is 0 Å². The quantitative estimate of drug-likeness (QED) is 0.402. The van der Waals surface area contributed by atoms with Gasteiger partial charge in [0, 0.05) is 17.7 Å². The Morgan fingerprint density at radius 1 is 1.04 bits per heavy atom. The Bertz CT molecular complexity index is 940. The van der Waals surface area contributed by atoms with Gasteiger partial charge in [-0.05, 0) is 24.8 Å². The summed E-state index contributed by atoms with van der Waals surface area (Å²) >= 11 is 1.46. The van der Waals surface area contributed by atoms with Crippen molar-refractivity contribution in [3.8, 4) is 11.4 Å². The lowest BCUT2D eigenvalue weighted by atomic mass is 9.86. The molecule has 4 nitrogen and oxygen atoms in total. The zero-order valence-corrected chi connectivity index (χ0v) is 18.0. The van der Waals surface area contributed by atoms with Crippen molar-refractivity contribution in [2.75, 3.05) is 0 Å². The summed E-state index contributed by atoms with van der Waals surface area (Å²) in [7, 11) is 0. The third-order valence-electron chi connectivity index (χ3n) is 4.75. The van der Waals surface area contributed by atoms with Gasteiger partial charge < -0.3 is 4.57 Å². The number of carbonyl (C=O) groups is 1. The maximum atomic E-state index is 12.9. The molecule has 1 heterocycles. The first-order valence-corrected chi connectivity index (χ1v) is 10.5. The van der Waals surface area contributed by atoms with Crippen LogP contribution in [-0.2, 0) is 12.0 Å². The zero-order valence-electron chi connectivity index (χ0n) is 17.1. The van der Waals surface area contributed by atoms with Crippen LogP contribution in [0.15, 0.2) is 59.8 Å². The fourth-order valence-corrected chi connectivity index (χ4v) is 4.03. The molecule has 3 aromatic rings. The first-order chi connectivity index (χ1) is 13.3. The van der Waals surface area contributed by atoms with E-state index in [1.54, 1.807) is 0 Å². The van der Waals surface area contributed by atoms with Gasteiger partial charge in [0.15, 0.2) is 16.8 Å². The van der Waals surface area contributed by atoms with Crippen LogP contribution >= 0.6 is 11.8 Å². The highest BCUT2D eigenvalue weighted by Gasteiger charge is 2.22. The number of Topliss-reactive ketones (excluding diaryl/α,β-unsaturated/α-hetero) is 1. The molecular formula is C23H27N3OS. The van der Waals surface area contributed by atoms with E-state index < -0.39 is 0 Å². The molecular weight excluding hydrogens is 366 g/mol. The summed E-state index contributed by atoms with van der Waals surface area (Å²) in [4.78, 5) is 12.9. The summed E-state index contributed by atoms with van der Waals surface area (Å²) in [6.45, 7) is 11.3. The number of carbonyl (C=O) groups excluding carboxylic acids is 1. The third-order valence-corrected chi connectivity index (χ3v) is 5.83. The molecule has 3 rings (SSSR count). The number of thioether (sulfide) groups is 1. The molecule has 0 bridgehead atoms. The van der Waals surface area contributed by atoms with Gasteiger partial charge in [-0.15, -0.1) is 10.2 Å². The summed E-state index contributed by atoms with van der Waals surface area (Å²) in [5, 5.41) is 9.25. The average molecular weight is 394 g/mol. The highest BCUT2D eigenvalue weighted by Crippen LogP contribution is 2.29. The molecule has 0 radical (unpaired) electrons. The first kappa shape index (κ1) is 20.3. The second kappa shape index (κ2) is 8.31. The SMILES string of the molecule is CCn1c(S[C@H](C)C(=O)c2ccc(C(C)(C)C)cc2)nnc1-c1ccccc1. The number of hydrogen-bond donors (Lipinski definition) is 0. The van der Waals surface area contributed by atoms with E-state index in [1.165, 1.54) is 17.3 Å². The highest BCUT2D eigenvalue weighted by atomic mass is 32.2. The van der Waals surface area contributed by atoms with Crippen LogP contribution in [0.25, 0.3) is 11.4 Å². The van der Waals surface area contributed by atoms with Gasteiger partial charge in [-0.3, -0.25) is 4.79 Å². The summed E-state index contributed by atoms with van der Waals surface area (Å²) in [5.74, 6) is 0.942. The van der Waals surface area contributed by atoms with Crippen LogP contribution in [0.5, 0.6) is 0 Å². The van der Waals surface area contributed by atoms with E-state index in [-0.39, 0.29) is 16.4 Å². The predicted molar refractivity (Wildman–Crippen MR) is 116 cm³/mol. The van der Waals surface area contributed by atoms with Gasteiger partial charge in [0.25, 0.3) is 0 Å². The van der Waals surface area contributed by atoms with Crippen LogP contribution < -0.4 is 0 Å². The number of hydrogen-bond acceptors (Lipinski definition) is 4. The van der Waals surface area contributed by atoms with Crippen molar-refractivity contribution < 1.29 is 4.79 Å². The number of nitrogens with zero attached hydrogens (tertiary/aromatic N) is 3. The van der Waals surface area contributed by atoms with Crippen molar-refractivity contribution in [2.45, 2.75) is 57.0 Å². The summed E-state index contributed by atoms with van der Waals surface area (Å²) in [6.07, 6.45) is 0.